The quantitative estimate of drug-likeness (QED) is 0.0472. The molecule has 0 aromatic rings. The van der Waals surface area contributed by atoms with E-state index in [9.17, 15) is 55.5 Å². The van der Waals surface area contributed by atoms with Crippen LogP contribution in [-0.4, -0.2) is 183 Å². The van der Waals surface area contributed by atoms with Crippen molar-refractivity contribution in [2.75, 3.05) is 33.5 Å². The number of aliphatic hydroxyl groups is 9. The van der Waals surface area contributed by atoms with E-state index in [4.69, 9.17) is 28.4 Å². The van der Waals surface area contributed by atoms with Gasteiger partial charge in [-0.15, -0.1) is 0 Å². The van der Waals surface area contributed by atoms with Crippen molar-refractivity contribution < 1.29 is 88.7 Å². The number of unbranched alkanes of at least 4 members (excludes halogenated alkanes) is 5. The van der Waals surface area contributed by atoms with Gasteiger partial charge in [0.1, 0.15) is 73.2 Å². The molecule has 3 heterocycles. The highest BCUT2D eigenvalue weighted by atomic mass is 16.8. The molecule has 15 atom stereocenters. The highest BCUT2D eigenvalue weighted by Crippen LogP contribution is 2.31. The Kier molecular flexibility index (Phi) is 17.4. The van der Waals surface area contributed by atoms with Gasteiger partial charge in [0.15, 0.2) is 18.9 Å². The van der Waals surface area contributed by atoms with E-state index >= 15 is 0 Å². The summed E-state index contributed by atoms with van der Waals surface area (Å²) in [6.07, 6.45) is -16.9. The van der Waals surface area contributed by atoms with Gasteiger partial charge < -0.3 is 84.4 Å². The Balaban J connectivity index is 1.61. The van der Waals surface area contributed by atoms with Gasteiger partial charge in [-0.3, -0.25) is 9.59 Å². The number of esters is 1. The molecule has 0 spiro atoms. The van der Waals surface area contributed by atoms with Gasteiger partial charge in [-0.1, -0.05) is 25.7 Å². The topological polar surface area (TPSA) is 293 Å². The van der Waals surface area contributed by atoms with E-state index in [1.54, 1.807) is 0 Å². The van der Waals surface area contributed by atoms with Crippen LogP contribution in [-0.2, 0) is 42.7 Å². The Morgan fingerprint density at radius 2 is 1.18 bits per heavy atom. The zero-order chi connectivity index (χ0) is 36.2. The van der Waals surface area contributed by atoms with Crippen molar-refractivity contribution in [3.05, 3.63) is 0 Å². The number of methoxy groups -OCH3 is 1. The molecule has 286 valence electrons. The minimum absolute atomic E-state index is 0.163. The lowest BCUT2D eigenvalue weighted by molar-refractivity contribution is -0.363. The van der Waals surface area contributed by atoms with Crippen molar-refractivity contribution in [3.8, 4) is 0 Å². The van der Waals surface area contributed by atoms with Crippen molar-refractivity contribution in [1.29, 1.82) is 0 Å². The Morgan fingerprint density at radius 3 is 1.80 bits per heavy atom. The molecule has 0 aromatic carbocycles. The molecule has 3 rings (SSSR count). The second-order valence-electron chi connectivity index (χ2n) is 12.4. The Hall–Kier alpha value is -1.66. The normalized spacial score (nSPS) is 39.8. The van der Waals surface area contributed by atoms with Crippen molar-refractivity contribution in [3.63, 3.8) is 0 Å². The number of hydrogen-bond acceptors (Lipinski definition) is 18. The second-order valence-corrected chi connectivity index (χ2v) is 12.4. The summed E-state index contributed by atoms with van der Waals surface area (Å²) < 4.78 is 38.7. The molecule has 3 saturated heterocycles. The Bertz CT molecular complexity index is 995. The summed E-state index contributed by atoms with van der Waals surface area (Å²) in [6.45, 7) is -0.770. The zero-order valence-corrected chi connectivity index (χ0v) is 27.6. The van der Waals surface area contributed by atoms with Crippen LogP contribution >= 0.6 is 0 Å². The molecule has 0 aromatic heterocycles. The Labute approximate surface area is 283 Å². The standard InChI is InChI=1S/C30H53NO18/c1-14(34)31-19-23(39)20(36)15(11-32)46-28(19)49-27-25(41)21(37)16(12-33)47-30(27)45-13-17-22(38)24(40)26(42)29(48-17)44-10-8-6-4-3-5-7-9-18(35)43-2/h15-17,19-30,32-33,36-42H,3-13H2,1-2H3,(H,31,34)/t15-,16-,17-,19+,20-,21-,22-,23-,24+,25+,26+,27+,28+,29-,30+/m1/s1. The minimum atomic E-state index is -1.82. The number of aliphatic hydroxyl groups excluding tert-OH is 9. The van der Waals surface area contributed by atoms with Crippen molar-refractivity contribution in [2.45, 2.75) is 144 Å². The van der Waals surface area contributed by atoms with Crippen LogP contribution in [0.5, 0.6) is 0 Å². The van der Waals surface area contributed by atoms with E-state index in [2.05, 4.69) is 10.1 Å². The molecule has 49 heavy (non-hydrogen) atoms. The fourth-order valence-corrected chi connectivity index (χ4v) is 5.84. The number of amides is 1. The average molecular weight is 716 g/mol. The van der Waals surface area contributed by atoms with Crippen LogP contribution in [0.3, 0.4) is 0 Å². The first-order chi connectivity index (χ1) is 23.3. The summed E-state index contributed by atoms with van der Waals surface area (Å²) in [7, 11) is 1.35. The van der Waals surface area contributed by atoms with E-state index in [-0.39, 0.29) is 12.6 Å². The number of rotatable bonds is 18. The van der Waals surface area contributed by atoms with Gasteiger partial charge in [-0.2, -0.15) is 0 Å². The number of nitrogens with one attached hydrogen (secondary N) is 1. The second kappa shape index (κ2) is 20.4. The molecular weight excluding hydrogens is 662 g/mol. The van der Waals surface area contributed by atoms with E-state index in [1.807, 2.05) is 0 Å². The van der Waals surface area contributed by atoms with E-state index in [0.29, 0.717) is 12.8 Å². The van der Waals surface area contributed by atoms with Crippen molar-refractivity contribution >= 4 is 11.9 Å². The van der Waals surface area contributed by atoms with Crippen molar-refractivity contribution in [2.24, 2.45) is 0 Å². The maximum absolute atomic E-state index is 11.8. The number of ether oxygens (including phenoxy) is 7. The summed E-state index contributed by atoms with van der Waals surface area (Å²) in [5.41, 5.74) is 0. The predicted molar refractivity (Wildman–Crippen MR) is 161 cm³/mol. The fraction of sp³-hybridized carbons (Fsp3) is 0.933. The third kappa shape index (κ3) is 11.4. The molecule has 3 fully saturated rings. The molecule has 0 saturated carbocycles. The summed E-state index contributed by atoms with van der Waals surface area (Å²) >= 11 is 0. The summed E-state index contributed by atoms with van der Waals surface area (Å²) in [5, 5.41) is 95.8. The third-order valence-electron chi connectivity index (χ3n) is 8.74. The first kappa shape index (κ1) is 41.8. The summed E-state index contributed by atoms with van der Waals surface area (Å²) in [5.74, 6) is -0.886. The molecule has 0 unspecified atom stereocenters. The van der Waals surface area contributed by atoms with E-state index < -0.39 is 118 Å². The van der Waals surface area contributed by atoms with Gasteiger partial charge in [0.2, 0.25) is 5.91 Å². The maximum Gasteiger partial charge on any atom is 0.305 e. The molecule has 3 aliphatic heterocycles. The molecule has 19 heteroatoms. The lowest BCUT2D eigenvalue weighted by Crippen LogP contribution is -2.67. The van der Waals surface area contributed by atoms with E-state index in [1.165, 1.54) is 7.11 Å². The number of hydrogen-bond donors (Lipinski definition) is 10. The fourth-order valence-electron chi connectivity index (χ4n) is 5.84. The molecule has 1 amide bonds. The SMILES string of the molecule is COC(=O)CCCCCCCCO[C@@H]1O[C@H](CO[C@H]2O[C@H](CO)[C@@H](O)[C@H](O)[C@@H]2O[C@@H]2O[C@H](CO)[C@@H](O)[C@H](O)[C@@H]2NC(C)=O)[C@@H](O)[C@H](O)[C@@H]1O. The zero-order valence-electron chi connectivity index (χ0n) is 27.6. The number of carbonyl (C=O) groups is 2. The highest BCUT2D eigenvalue weighted by Gasteiger charge is 2.52. The average Bonchev–Trinajstić information content (AvgIpc) is 3.08. The first-order valence-electron chi connectivity index (χ1n) is 16.5. The number of carbonyl (C=O) groups excluding carboxylic acids is 2. The van der Waals surface area contributed by atoms with Gasteiger partial charge in [0.25, 0.3) is 0 Å². The Morgan fingerprint density at radius 1 is 0.633 bits per heavy atom. The summed E-state index contributed by atoms with van der Waals surface area (Å²) in [4.78, 5) is 23.0. The monoisotopic (exact) mass is 715 g/mol. The van der Waals surface area contributed by atoms with Crippen LogP contribution in [0.4, 0.5) is 0 Å². The van der Waals surface area contributed by atoms with Gasteiger partial charge in [-0.25, -0.2) is 0 Å². The van der Waals surface area contributed by atoms with Crippen molar-refractivity contribution in [1.82, 2.24) is 5.32 Å². The smallest absolute Gasteiger partial charge is 0.305 e. The molecule has 0 aliphatic carbocycles. The summed E-state index contributed by atoms with van der Waals surface area (Å²) in [6, 6.07) is -1.42. The minimum Gasteiger partial charge on any atom is -0.469 e. The van der Waals surface area contributed by atoms with Crippen LogP contribution in [0.15, 0.2) is 0 Å². The van der Waals surface area contributed by atoms with Crippen LogP contribution in [0.25, 0.3) is 0 Å². The molecular formula is C30H53NO18. The molecule has 0 bridgehead atoms. The van der Waals surface area contributed by atoms with Gasteiger partial charge in [0, 0.05) is 20.0 Å². The van der Waals surface area contributed by atoms with Crippen LogP contribution in [0.2, 0.25) is 0 Å². The highest BCUT2D eigenvalue weighted by molar-refractivity contribution is 5.73. The first-order valence-corrected chi connectivity index (χ1v) is 16.5. The lowest BCUT2D eigenvalue weighted by atomic mass is 9.95. The molecule has 0 radical (unpaired) electrons. The predicted octanol–water partition coefficient (Wildman–Crippen LogP) is -4.50. The van der Waals surface area contributed by atoms with Gasteiger partial charge in [0.05, 0.1) is 26.9 Å². The molecule has 19 nitrogen and oxygen atoms in total. The van der Waals surface area contributed by atoms with Crippen LogP contribution in [0, 0.1) is 0 Å². The maximum atomic E-state index is 11.8. The molecule has 3 aliphatic rings. The van der Waals surface area contributed by atoms with Gasteiger partial charge >= 0.3 is 5.97 Å². The van der Waals surface area contributed by atoms with Gasteiger partial charge in [-0.05, 0) is 12.8 Å². The largest absolute Gasteiger partial charge is 0.469 e. The third-order valence-corrected chi connectivity index (χ3v) is 8.74. The van der Waals surface area contributed by atoms with Crippen LogP contribution in [0.1, 0.15) is 51.9 Å². The van der Waals surface area contributed by atoms with Crippen LogP contribution < -0.4 is 5.32 Å². The molecule has 10 N–H and O–H groups in total. The lowest BCUT2D eigenvalue weighted by Gasteiger charge is -2.47. The van der Waals surface area contributed by atoms with E-state index in [0.717, 1.165) is 39.0 Å².